The Hall–Kier alpha value is -4.05. The third-order valence-corrected chi connectivity index (χ3v) is 6.48. The van der Waals surface area contributed by atoms with E-state index in [2.05, 4.69) is 72.2 Å². The van der Waals surface area contributed by atoms with Crippen LogP contribution in [0.25, 0.3) is 11.3 Å². The van der Waals surface area contributed by atoms with Crippen LogP contribution in [0.15, 0.2) is 66.0 Å². The molecule has 0 spiro atoms. The molecular weight excluding hydrogens is 436 g/mol. The number of benzene rings is 1. The zero-order valence-corrected chi connectivity index (χ0v) is 21.0. The minimum absolute atomic E-state index is 0.0896. The van der Waals surface area contributed by atoms with Crippen molar-refractivity contribution in [2.45, 2.75) is 39.2 Å². The number of methoxy groups -OCH3 is 1. The Morgan fingerprint density at radius 2 is 1.83 bits per heavy atom. The molecular formula is C28H30N6O. The molecule has 3 aromatic rings. The van der Waals surface area contributed by atoms with E-state index in [1.54, 1.807) is 11.8 Å². The van der Waals surface area contributed by atoms with E-state index in [4.69, 9.17) is 4.74 Å². The van der Waals surface area contributed by atoms with Crippen LogP contribution in [-0.4, -0.2) is 43.9 Å². The molecule has 4 heterocycles. The highest BCUT2D eigenvalue weighted by Gasteiger charge is 2.36. The van der Waals surface area contributed by atoms with Crippen LogP contribution >= 0.6 is 0 Å². The van der Waals surface area contributed by atoms with Crippen molar-refractivity contribution in [2.24, 2.45) is 18.1 Å². The van der Waals surface area contributed by atoms with Crippen molar-refractivity contribution in [3.05, 3.63) is 83.3 Å². The summed E-state index contributed by atoms with van der Waals surface area (Å²) in [7, 11) is 3.60. The summed E-state index contributed by atoms with van der Waals surface area (Å²) >= 11 is 0. The Morgan fingerprint density at radius 3 is 2.49 bits per heavy atom. The number of aromatic nitrogens is 4. The van der Waals surface area contributed by atoms with Crippen LogP contribution in [0.2, 0.25) is 0 Å². The normalized spacial score (nSPS) is 19.1. The van der Waals surface area contributed by atoms with Crippen LogP contribution in [0.5, 0.6) is 0 Å². The van der Waals surface area contributed by atoms with Crippen LogP contribution in [0.3, 0.4) is 0 Å². The van der Waals surface area contributed by atoms with Crippen molar-refractivity contribution < 1.29 is 4.74 Å². The topological polar surface area (TPSA) is 60.5 Å². The number of fused-ring (bicyclic) bond motifs is 1. The summed E-state index contributed by atoms with van der Waals surface area (Å²) in [5.74, 6) is 7.46. The van der Waals surface area contributed by atoms with Crippen molar-refractivity contribution in [3.63, 3.8) is 0 Å². The Morgan fingerprint density at radius 1 is 1.06 bits per heavy atom. The quantitative estimate of drug-likeness (QED) is 0.536. The highest BCUT2D eigenvalue weighted by atomic mass is 16.5. The van der Waals surface area contributed by atoms with E-state index < -0.39 is 0 Å². The van der Waals surface area contributed by atoms with Gasteiger partial charge in [0.2, 0.25) is 0 Å². The Labute approximate surface area is 206 Å². The minimum atomic E-state index is -0.0956. The molecule has 0 fully saturated rings. The fourth-order valence-corrected chi connectivity index (χ4v) is 4.39. The second-order valence-electron chi connectivity index (χ2n) is 9.97. The molecule has 2 aliphatic heterocycles. The van der Waals surface area contributed by atoms with Crippen molar-refractivity contribution in [1.29, 1.82) is 0 Å². The first-order valence-electron chi connectivity index (χ1n) is 11.7. The maximum atomic E-state index is 5.75. The predicted octanol–water partition coefficient (Wildman–Crippen LogP) is 4.43. The number of hydrogen-bond donors (Lipinski definition) is 0. The van der Waals surface area contributed by atoms with E-state index in [0.717, 1.165) is 33.8 Å². The van der Waals surface area contributed by atoms with Gasteiger partial charge in [0.1, 0.15) is 11.8 Å². The fraction of sp³-hybridized carbons (Fsp3) is 0.321. The second kappa shape index (κ2) is 8.62. The maximum absolute atomic E-state index is 5.75. The smallest absolute Gasteiger partial charge is 0.128 e. The van der Waals surface area contributed by atoms with Gasteiger partial charge in [0.15, 0.2) is 0 Å². The molecule has 0 saturated heterocycles. The summed E-state index contributed by atoms with van der Waals surface area (Å²) < 4.78 is 9.48. The summed E-state index contributed by atoms with van der Waals surface area (Å²) in [4.78, 5) is 0. The Balaban J connectivity index is 1.37. The molecule has 7 heteroatoms. The summed E-state index contributed by atoms with van der Waals surface area (Å²) in [6.07, 6.45) is 11.6. The van der Waals surface area contributed by atoms with Crippen molar-refractivity contribution >= 4 is 11.8 Å². The second-order valence-corrected chi connectivity index (χ2v) is 9.97. The molecule has 178 valence electrons. The monoisotopic (exact) mass is 466 g/mol. The fourth-order valence-electron chi connectivity index (χ4n) is 4.39. The number of hydrazone groups is 1. The Bertz CT molecular complexity index is 1400. The molecule has 7 nitrogen and oxygen atoms in total. The molecule has 2 atom stereocenters. The van der Waals surface area contributed by atoms with Gasteiger partial charge < -0.3 is 4.74 Å². The summed E-state index contributed by atoms with van der Waals surface area (Å²) in [5.41, 5.74) is 6.39. The van der Waals surface area contributed by atoms with E-state index in [-0.39, 0.29) is 17.4 Å². The molecule has 0 amide bonds. The lowest BCUT2D eigenvalue weighted by atomic mass is 9.87. The first-order valence-corrected chi connectivity index (χ1v) is 11.7. The van der Waals surface area contributed by atoms with Crippen LogP contribution in [0.1, 0.15) is 43.2 Å². The van der Waals surface area contributed by atoms with Gasteiger partial charge >= 0.3 is 0 Å². The molecule has 2 unspecified atom stereocenters. The first-order chi connectivity index (χ1) is 16.7. The van der Waals surface area contributed by atoms with E-state index in [0.29, 0.717) is 0 Å². The number of allylic oxidation sites excluding steroid dienone is 2. The summed E-state index contributed by atoms with van der Waals surface area (Å²) in [6.45, 7) is 8.70. The van der Waals surface area contributed by atoms with Gasteiger partial charge in [-0.3, -0.25) is 9.69 Å². The summed E-state index contributed by atoms with van der Waals surface area (Å²) in [6, 6.07) is 8.47. The van der Waals surface area contributed by atoms with Crippen LogP contribution in [0.4, 0.5) is 0 Å². The highest BCUT2D eigenvalue weighted by Crippen LogP contribution is 2.33. The standard InChI is InChI=1S/C28H30N6O/c1-19-20(14-31-34(19)25-11-9-24(10-12-25)28(2,3)4)7-8-21-15-30-33-18-22(13-26(35-6)27(21)33)23-16-29-32(5)17-23/h9-18,21,27H,1-6H3. The van der Waals surface area contributed by atoms with Crippen LogP contribution in [-0.2, 0) is 17.2 Å². The molecule has 2 aliphatic rings. The molecule has 0 N–H and O–H groups in total. The number of nitrogens with zero attached hydrogens (tertiary/aromatic N) is 6. The number of rotatable bonds is 3. The average Bonchev–Trinajstić information content (AvgIpc) is 3.55. The van der Waals surface area contributed by atoms with E-state index >= 15 is 0 Å². The highest BCUT2D eigenvalue weighted by molar-refractivity contribution is 5.78. The number of hydrogen-bond acceptors (Lipinski definition) is 5. The third kappa shape index (κ3) is 4.28. The van der Waals surface area contributed by atoms with Crippen molar-refractivity contribution in [1.82, 2.24) is 24.6 Å². The maximum Gasteiger partial charge on any atom is 0.128 e. The SMILES string of the molecule is COC1=CC(c2cnn(C)c2)=CN2N=CC(C#Cc3cnn(-c4ccc(C(C)(C)C)cc4)c3C)C12. The first kappa shape index (κ1) is 22.7. The lowest BCUT2D eigenvalue weighted by Gasteiger charge is -2.28. The molecule has 0 bridgehead atoms. The molecule has 2 aromatic heterocycles. The van der Waals surface area contributed by atoms with Gasteiger partial charge in [-0.15, -0.1) is 0 Å². The largest absolute Gasteiger partial charge is 0.499 e. The third-order valence-electron chi connectivity index (χ3n) is 6.48. The predicted molar refractivity (Wildman–Crippen MR) is 138 cm³/mol. The molecule has 35 heavy (non-hydrogen) atoms. The van der Waals surface area contributed by atoms with Crippen molar-refractivity contribution in [3.8, 4) is 17.5 Å². The lowest BCUT2D eigenvalue weighted by molar-refractivity contribution is 0.194. The minimum Gasteiger partial charge on any atom is -0.499 e. The van der Waals surface area contributed by atoms with Gasteiger partial charge in [-0.1, -0.05) is 44.7 Å². The van der Waals surface area contributed by atoms with Gasteiger partial charge in [0.25, 0.3) is 0 Å². The molecule has 0 radical (unpaired) electrons. The summed E-state index contributed by atoms with van der Waals surface area (Å²) in [5, 5.41) is 15.4. The van der Waals surface area contributed by atoms with Crippen molar-refractivity contribution in [2.75, 3.05) is 7.11 Å². The van der Waals surface area contributed by atoms with Gasteiger partial charge in [-0.25, -0.2) is 4.68 Å². The number of ether oxygens (including phenoxy) is 1. The van der Waals surface area contributed by atoms with Crippen LogP contribution < -0.4 is 0 Å². The zero-order valence-electron chi connectivity index (χ0n) is 21.0. The van der Waals surface area contributed by atoms with Crippen LogP contribution in [0, 0.1) is 24.7 Å². The lowest BCUT2D eigenvalue weighted by Crippen LogP contribution is -2.33. The Kier molecular flexibility index (Phi) is 5.60. The number of aryl methyl sites for hydroxylation is 1. The molecule has 5 rings (SSSR count). The molecule has 1 aromatic carbocycles. The van der Waals surface area contributed by atoms with Gasteiger partial charge in [0.05, 0.1) is 42.4 Å². The van der Waals surface area contributed by atoms with Gasteiger partial charge in [-0.05, 0) is 36.1 Å². The zero-order chi connectivity index (χ0) is 24.7. The molecule has 0 aliphatic carbocycles. The molecule has 0 saturated carbocycles. The van der Waals surface area contributed by atoms with E-state index in [1.165, 1.54) is 5.56 Å². The van der Waals surface area contributed by atoms with Gasteiger partial charge in [-0.2, -0.15) is 15.3 Å². The van der Waals surface area contributed by atoms with E-state index in [9.17, 15) is 0 Å². The van der Waals surface area contributed by atoms with Gasteiger partial charge in [0, 0.05) is 36.8 Å². The van der Waals surface area contributed by atoms with E-state index in [1.807, 2.05) is 60.7 Å². The average molecular weight is 467 g/mol.